The molecule has 0 fully saturated rings. The van der Waals surface area contributed by atoms with Crippen molar-refractivity contribution < 1.29 is 38.1 Å². The second kappa shape index (κ2) is 14.3. The van der Waals surface area contributed by atoms with Crippen LogP contribution in [0.1, 0.15) is 29.5 Å². The minimum atomic E-state index is -0.967. The number of nitrogens with zero attached hydrogens (tertiary/aromatic N) is 1. The SMILES string of the molecule is O=C(O)CCCc1cn(CC(=O)O)c2c(C=Cc3ccc(OCC=CCOc4c(F)ccc(F)c4Cl)cc3)cccc12. The molecule has 0 bridgehead atoms. The van der Waals surface area contributed by atoms with E-state index in [0.717, 1.165) is 39.7 Å². The van der Waals surface area contributed by atoms with Crippen LogP contribution in [0.4, 0.5) is 8.78 Å². The van der Waals surface area contributed by atoms with Crippen molar-refractivity contribution in [3.05, 3.63) is 106 Å². The Bertz CT molecular complexity index is 1630. The molecule has 1 heterocycles. The lowest BCUT2D eigenvalue weighted by atomic mass is 10.0. The number of benzene rings is 3. The molecule has 7 nitrogen and oxygen atoms in total. The molecular formula is C32H28ClF2NO6. The molecule has 0 unspecified atom stereocenters. The minimum absolute atomic E-state index is 0.0143. The number of ether oxygens (including phenoxy) is 2. The van der Waals surface area contributed by atoms with Gasteiger partial charge in [-0.15, -0.1) is 0 Å². The van der Waals surface area contributed by atoms with Crippen molar-refractivity contribution in [3.8, 4) is 11.5 Å². The molecule has 0 saturated carbocycles. The summed E-state index contributed by atoms with van der Waals surface area (Å²) in [5.74, 6) is -3.05. The first-order valence-electron chi connectivity index (χ1n) is 13.1. The number of aryl methyl sites for hydroxylation is 1. The molecule has 0 spiro atoms. The van der Waals surface area contributed by atoms with Gasteiger partial charge in [0.25, 0.3) is 0 Å². The standard InChI is InChI=1S/C32H28ClF2NO6/c33-30-26(34)15-16-27(35)32(30)42-18-2-1-17-41-24-13-10-21(11-14-24)9-12-22-5-3-7-25-23(6-4-8-28(37)38)19-36(31(22)25)20-29(39)40/h1-3,5,7,9-16,19H,4,6,8,17-18,20H2,(H,37,38)(H,39,40). The Morgan fingerprint density at radius 1 is 0.881 bits per heavy atom. The van der Waals surface area contributed by atoms with Gasteiger partial charge >= 0.3 is 11.9 Å². The lowest BCUT2D eigenvalue weighted by Crippen LogP contribution is -2.07. The summed E-state index contributed by atoms with van der Waals surface area (Å²) in [6.45, 7) is 0.0111. The molecule has 4 aromatic rings. The van der Waals surface area contributed by atoms with E-state index in [2.05, 4.69) is 0 Å². The third-order valence-corrected chi connectivity index (χ3v) is 6.68. The zero-order chi connectivity index (χ0) is 30.1. The molecule has 0 aliphatic rings. The van der Waals surface area contributed by atoms with Crippen LogP contribution in [-0.2, 0) is 22.6 Å². The van der Waals surface area contributed by atoms with Crippen molar-refractivity contribution >= 4 is 46.6 Å². The zero-order valence-corrected chi connectivity index (χ0v) is 23.2. The Kier molecular flexibility index (Phi) is 10.3. The summed E-state index contributed by atoms with van der Waals surface area (Å²) < 4.78 is 39.8. The molecule has 2 N–H and O–H groups in total. The molecule has 10 heteroatoms. The number of aliphatic carboxylic acids is 2. The molecule has 0 saturated heterocycles. The summed E-state index contributed by atoms with van der Waals surface area (Å²) in [5.41, 5.74) is 3.43. The van der Waals surface area contributed by atoms with Gasteiger partial charge in [0.15, 0.2) is 11.6 Å². The van der Waals surface area contributed by atoms with E-state index >= 15 is 0 Å². The van der Waals surface area contributed by atoms with Gasteiger partial charge in [-0.25, -0.2) is 8.78 Å². The van der Waals surface area contributed by atoms with Gasteiger partial charge in [-0.2, -0.15) is 0 Å². The number of carboxylic acids is 2. The number of rotatable bonds is 14. The van der Waals surface area contributed by atoms with Crippen molar-refractivity contribution in [1.29, 1.82) is 0 Å². The van der Waals surface area contributed by atoms with E-state index in [1.807, 2.05) is 42.5 Å². The van der Waals surface area contributed by atoms with E-state index in [4.69, 9.17) is 26.2 Å². The van der Waals surface area contributed by atoms with E-state index in [1.165, 1.54) is 0 Å². The van der Waals surface area contributed by atoms with Gasteiger partial charge in [0.2, 0.25) is 0 Å². The van der Waals surface area contributed by atoms with Crippen LogP contribution in [-0.4, -0.2) is 39.9 Å². The van der Waals surface area contributed by atoms with Crippen molar-refractivity contribution in [3.63, 3.8) is 0 Å². The highest BCUT2D eigenvalue weighted by atomic mass is 35.5. The highest BCUT2D eigenvalue weighted by Gasteiger charge is 2.14. The van der Waals surface area contributed by atoms with Crippen molar-refractivity contribution in [2.75, 3.05) is 13.2 Å². The predicted octanol–water partition coefficient (Wildman–Crippen LogP) is 7.25. The Morgan fingerprint density at radius 3 is 2.31 bits per heavy atom. The van der Waals surface area contributed by atoms with E-state index in [-0.39, 0.29) is 31.9 Å². The summed E-state index contributed by atoms with van der Waals surface area (Å²) >= 11 is 5.73. The molecule has 3 aromatic carbocycles. The summed E-state index contributed by atoms with van der Waals surface area (Å²) in [7, 11) is 0. The first-order chi connectivity index (χ1) is 20.2. The summed E-state index contributed by atoms with van der Waals surface area (Å²) in [6, 6.07) is 15.0. The Hall–Kier alpha value is -4.63. The quantitative estimate of drug-likeness (QED) is 0.0905. The van der Waals surface area contributed by atoms with E-state index < -0.39 is 28.6 Å². The second-order valence-electron chi connectivity index (χ2n) is 9.33. The van der Waals surface area contributed by atoms with Gasteiger partial charge in [-0.3, -0.25) is 9.59 Å². The molecule has 42 heavy (non-hydrogen) atoms. The van der Waals surface area contributed by atoms with Crippen molar-refractivity contribution in [2.45, 2.75) is 25.8 Å². The average Bonchev–Trinajstić information content (AvgIpc) is 3.30. The lowest BCUT2D eigenvalue weighted by molar-refractivity contribution is -0.138. The van der Waals surface area contributed by atoms with E-state index in [9.17, 15) is 23.5 Å². The fourth-order valence-corrected chi connectivity index (χ4v) is 4.62. The average molecular weight is 596 g/mol. The summed E-state index contributed by atoms with van der Waals surface area (Å²) in [6.07, 6.45) is 9.94. The van der Waals surface area contributed by atoms with Gasteiger partial charge in [0, 0.05) is 18.0 Å². The van der Waals surface area contributed by atoms with Crippen LogP contribution in [0.3, 0.4) is 0 Å². The van der Waals surface area contributed by atoms with E-state index in [1.54, 1.807) is 35.0 Å². The molecule has 0 aliphatic carbocycles. The number of hydrogen-bond acceptors (Lipinski definition) is 4. The van der Waals surface area contributed by atoms with Crippen molar-refractivity contribution in [2.24, 2.45) is 0 Å². The van der Waals surface area contributed by atoms with Gasteiger partial charge in [0.1, 0.15) is 36.3 Å². The Balaban J connectivity index is 1.37. The summed E-state index contributed by atoms with van der Waals surface area (Å²) in [5, 5.41) is 18.9. The Morgan fingerprint density at radius 2 is 1.60 bits per heavy atom. The number of fused-ring (bicyclic) bond motifs is 1. The normalized spacial score (nSPS) is 11.5. The van der Waals surface area contributed by atoms with Gasteiger partial charge in [0.05, 0.1) is 5.52 Å². The van der Waals surface area contributed by atoms with Gasteiger partial charge < -0.3 is 24.3 Å². The molecule has 1 aromatic heterocycles. The van der Waals surface area contributed by atoms with Crippen LogP contribution in [0.5, 0.6) is 11.5 Å². The topological polar surface area (TPSA) is 98.0 Å². The highest BCUT2D eigenvalue weighted by Crippen LogP contribution is 2.30. The number of carbonyl (C=O) groups is 2. The monoisotopic (exact) mass is 595 g/mol. The third kappa shape index (κ3) is 7.98. The smallest absolute Gasteiger partial charge is 0.323 e. The predicted molar refractivity (Wildman–Crippen MR) is 157 cm³/mol. The van der Waals surface area contributed by atoms with Gasteiger partial charge in [-0.05, 0) is 65.9 Å². The van der Waals surface area contributed by atoms with Crippen molar-refractivity contribution in [1.82, 2.24) is 4.57 Å². The van der Waals surface area contributed by atoms with E-state index in [0.29, 0.717) is 18.6 Å². The Labute approximate surface area is 245 Å². The minimum Gasteiger partial charge on any atom is -0.490 e. The fourth-order valence-electron chi connectivity index (χ4n) is 4.41. The number of carboxylic acid groups (broad SMARTS) is 2. The van der Waals surface area contributed by atoms with Crippen LogP contribution in [0.25, 0.3) is 23.1 Å². The largest absolute Gasteiger partial charge is 0.490 e. The van der Waals surface area contributed by atoms with Crippen LogP contribution < -0.4 is 9.47 Å². The molecule has 4 rings (SSSR count). The lowest BCUT2D eigenvalue weighted by Gasteiger charge is -2.07. The fraction of sp³-hybridized carbons (Fsp3) is 0.188. The number of halogens is 3. The molecule has 218 valence electrons. The third-order valence-electron chi connectivity index (χ3n) is 6.33. The molecule has 0 amide bonds. The van der Waals surface area contributed by atoms with Gasteiger partial charge in [-0.1, -0.05) is 54.1 Å². The number of aromatic nitrogens is 1. The highest BCUT2D eigenvalue weighted by molar-refractivity contribution is 6.32. The molecule has 0 atom stereocenters. The maximum Gasteiger partial charge on any atom is 0.323 e. The first-order valence-corrected chi connectivity index (χ1v) is 13.5. The molecule has 0 aliphatic heterocycles. The number of hydrogen-bond donors (Lipinski definition) is 2. The maximum atomic E-state index is 13.7. The summed E-state index contributed by atoms with van der Waals surface area (Å²) in [4.78, 5) is 22.4. The van der Waals surface area contributed by atoms with Crippen LogP contribution in [0.15, 0.2) is 72.9 Å². The van der Waals surface area contributed by atoms with Crippen LogP contribution in [0.2, 0.25) is 5.02 Å². The second-order valence-corrected chi connectivity index (χ2v) is 9.71. The van der Waals surface area contributed by atoms with Crippen LogP contribution >= 0.6 is 11.6 Å². The molecular weight excluding hydrogens is 568 g/mol. The van der Waals surface area contributed by atoms with Crippen LogP contribution in [0, 0.1) is 11.6 Å². The number of para-hydroxylation sites is 1. The first kappa shape index (κ1) is 30.3. The molecule has 0 radical (unpaired) electrons. The zero-order valence-electron chi connectivity index (χ0n) is 22.4. The maximum absolute atomic E-state index is 13.7.